The third-order valence-corrected chi connectivity index (χ3v) is 4.88. The Labute approximate surface area is 180 Å². The van der Waals surface area contributed by atoms with E-state index in [0.29, 0.717) is 38.5 Å². The lowest BCUT2D eigenvalue weighted by atomic mass is 10.1. The van der Waals surface area contributed by atoms with Gasteiger partial charge in [-0.1, -0.05) is 62.4 Å². The van der Waals surface area contributed by atoms with Crippen LogP contribution in [0, 0.1) is 5.92 Å². The maximum atomic E-state index is 13.0. The number of nitrogens with zero attached hydrogens (tertiary/aromatic N) is 1. The van der Waals surface area contributed by atoms with Crippen LogP contribution in [0.5, 0.6) is 5.75 Å². The number of hydrogen-bond donors (Lipinski definition) is 1. The van der Waals surface area contributed by atoms with Crippen LogP contribution in [0.15, 0.2) is 60.7 Å². The van der Waals surface area contributed by atoms with Crippen LogP contribution in [0.2, 0.25) is 0 Å². The average molecular weight is 411 g/mol. The Morgan fingerprint density at radius 3 is 2.23 bits per heavy atom. The number of carbonyl (C=O) groups is 2. The molecule has 30 heavy (non-hydrogen) atoms. The molecule has 5 heteroatoms. The first-order valence-electron chi connectivity index (χ1n) is 10.8. The number of rotatable bonds is 12. The van der Waals surface area contributed by atoms with Gasteiger partial charge in [-0.05, 0) is 43.4 Å². The second-order valence-electron chi connectivity index (χ2n) is 7.90. The summed E-state index contributed by atoms with van der Waals surface area (Å²) in [5, 5.41) is 2.95. The second kappa shape index (κ2) is 12.7. The summed E-state index contributed by atoms with van der Waals surface area (Å²) in [6, 6.07) is 19.1. The van der Waals surface area contributed by atoms with Crippen LogP contribution in [0.4, 0.5) is 0 Å². The number of ether oxygens (including phenoxy) is 1. The molecule has 2 amide bonds. The van der Waals surface area contributed by atoms with Gasteiger partial charge >= 0.3 is 0 Å². The molecule has 0 unspecified atom stereocenters. The monoisotopic (exact) mass is 410 g/mol. The summed E-state index contributed by atoms with van der Waals surface area (Å²) in [7, 11) is 0. The molecule has 0 heterocycles. The molecule has 0 bridgehead atoms. The van der Waals surface area contributed by atoms with Crippen LogP contribution in [-0.2, 0) is 16.0 Å². The van der Waals surface area contributed by atoms with E-state index in [9.17, 15) is 9.59 Å². The molecule has 162 valence electrons. The fourth-order valence-corrected chi connectivity index (χ4v) is 3.10. The van der Waals surface area contributed by atoms with Crippen molar-refractivity contribution in [1.29, 1.82) is 0 Å². The Balaban J connectivity index is 1.92. The number of amides is 2. The normalized spacial score (nSPS) is 11.7. The summed E-state index contributed by atoms with van der Waals surface area (Å²) >= 11 is 0. The van der Waals surface area contributed by atoms with Gasteiger partial charge in [-0.15, -0.1) is 0 Å². The summed E-state index contributed by atoms with van der Waals surface area (Å²) in [6.45, 7) is 7.49. The van der Waals surface area contributed by atoms with Crippen molar-refractivity contribution in [2.24, 2.45) is 5.92 Å². The topological polar surface area (TPSA) is 58.6 Å². The largest absolute Gasteiger partial charge is 0.494 e. The summed E-state index contributed by atoms with van der Waals surface area (Å²) in [4.78, 5) is 27.2. The number of nitrogens with one attached hydrogen (secondary N) is 1. The molecule has 0 aliphatic carbocycles. The zero-order valence-electron chi connectivity index (χ0n) is 18.3. The third kappa shape index (κ3) is 8.27. The molecule has 0 aliphatic heterocycles. The van der Waals surface area contributed by atoms with Gasteiger partial charge in [-0.25, -0.2) is 0 Å². The molecule has 1 atom stereocenters. The predicted molar refractivity (Wildman–Crippen MR) is 120 cm³/mol. The van der Waals surface area contributed by atoms with Crippen LogP contribution < -0.4 is 10.1 Å². The molecular weight excluding hydrogens is 376 g/mol. The van der Waals surface area contributed by atoms with Gasteiger partial charge in [0.05, 0.1) is 6.61 Å². The van der Waals surface area contributed by atoms with Crippen molar-refractivity contribution < 1.29 is 14.3 Å². The van der Waals surface area contributed by atoms with Gasteiger partial charge in [-0.3, -0.25) is 9.59 Å². The lowest BCUT2D eigenvalue weighted by Gasteiger charge is -2.29. The molecule has 1 N–H and O–H groups in total. The van der Waals surface area contributed by atoms with Crippen LogP contribution in [0.3, 0.4) is 0 Å². The highest BCUT2D eigenvalue weighted by Crippen LogP contribution is 2.11. The quantitative estimate of drug-likeness (QED) is 0.537. The summed E-state index contributed by atoms with van der Waals surface area (Å²) in [5.41, 5.74) is 1.15. The van der Waals surface area contributed by atoms with Gasteiger partial charge in [0.15, 0.2) is 0 Å². The van der Waals surface area contributed by atoms with Crippen molar-refractivity contribution in [3.05, 3.63) is 66.2 Å². The predicted octanol–water partition coefficient (Wildman–Crippen LogP) is 4.08. The maximum Gasteiger partial charge on any atom is 0.242 e. The van der Waals surface area contributed by atoms with Crippen LogP contribution in [-0.4, -0.2) is 42.5 Å². The Kier molecular flexibility index (Phi) is 9.92. The Bertz CT molecular complexity index is 762. The van der Waals surface area contributed by atoms with Crippen molar-refractivity contribution in [3.8, 4) is 5.75 Å². The smallest absolute Gasteiger partial charge is 0.242 e. The van der Waals surface area contributed by atoms with E-state index in [0.717, 1.165) is 17.7 Å². The molecule has 0 saturated carbocycles. The fourth-order valence-electron chi connectivity index (χ4n) is 3.10. The number of hydrogen-bond acceptors (Lipinski definition) is 3. The Morgan fingerprint density at radius 1 is 0.967 bits per heavy atom. The molecule has 0 aliphatic rings. The highest BCUT2D eigenvalue weighted by Gasteiger charge is 2.25. The molecular formula is C25H34N2O3. The van der Waals surface area contributed by atoms with Gasteiger partial charge in [0.1, 0.15) is 11.8 Å². The van der Waals surface area contributed by atoms with E-state index in [1.54, 1.807) is 11.8 Å². The van der Waals surface area contributed by atoms with Crippen molar-refractivity contribution in [2.75, 3.05) is 19.7 Å². The highest BCUT2D eigenvalue weighted by atomic mass is 16.5. The van der Waals surface area contributed by atoms with E-state index < -0.39 is 6.04 Å². The van der Waals surface area contributed by atoms with E-state index in [-0.39, 0.29) is 11.8 Å². The molecule has 0 spiro atoms. The summed E-state index contributed by atoms with van der Waals surface area (Å²) < 4.78 is 5.69. The minimum atomic E-state index is -0.505. The van der Waals surface area contributed by atoms with Gasteiger partial charge in [0.25, 0.3) is 0 Å². The molecule has 2 aromatic carbocycles. The van der Waals surface area contributed by atoms with Gasteiger partial charge in [-0.2, -0.15) is 0 Å². The number of benzene rings is 2. The Hall–Kier alpha value is -2.82. The molecule has 0 aromatic heterocycles. The molecule has 5 nitrogen and oxygen atoms in total. The van der Waals surface area contributed by atoms with Gasteiger partial charge < -0.3 is 15.0 Å². The highest BCUT2D eigenvalue weighted by molar-refractivity contribution is 5.87. The standard InChI is InChI=1S/C25H34N2O3/c1-20(2)19-26-25(29)21(3)27(17-16-22-11-6-4-7-12-22)24(28)15-10-18-30-23-13-8-5-9-14-23/h4-9,11-14,20-21H,10,15-19H2,1-3H3,(H,26,29)/t21-/m0/s1. The van der Waals surface area contributed by atoms with Crippen molar-refractivity contribution >= 4 is 11.8 Å². The van der Waals surface area contributed by atoms with Gasteiger partial charge in [0, 0.05) is 19.5 Å². The Morgan fingerprint density at radius 2 is 1.60 bits per heavy atom. The summed E-state index contributed by atoms with van der Waals surface area (Å²) in [6.07, 6.45) is 1.67. The lowest BCUT2D eigenvalue weighted by molar-refractivity contribution is -0.140. The van der Waals surface area contributed by atoms with Crippen molar-refractivity contribution in [1.82, 2.24) is 10.2 Å². The molecule has 0 fully saturated rings. The first kappa shape index (κ1) is 23.5. The molecule has 0 radical (unpaired) electrons. The van der Waals surface area contributed by atoms with Crippen LogP contribution in [0.1, 0.15) is 39.2 Å². The zero-order valence-corrected chi connectivity index (χ0v) is 18.3. The SMILES string of the molecule is CC(C)CNC(=O)[C@H](C)N(CCc1ccccc1)C(=O)CCCOc1ccccc1. The maximum absolute atomic E-state index is 13.0. The van der Waals surface area contributed by atoms with Crippen LogP contribution in [0.25, 0.3) is 0 Å². The van der Waals surface area contributed by atoms with Gasteiger partial charge in [0.2, 0.25) is 11.8 Å². The van der Waals surface area contributed by atoms with E-state index in [1.807, 2.05) is 60.7 Å². The number of carbonyl (C=O) groups excluding carboxylic acids is 2. The molecule has 2 aromatic rings. The van der Waals surface area contributed by atoms with E-state index in [1.165, 1.54) is 0 Å². The fraction of sp³-hybridized carbons (Fsp3) is 0.440. The zero-order chi connectivity index (χ0) is 21.8. The first-order chi connectivity index (χ1) is 14.5. The third-order valence-electron chi connectivity index (χ3n) is 4.88. The van der Waals surface area contributed by atoms with E-state index >= 15 is 0 Å². The second-order valence-corrected chi connectivity index (χ2v) is 7.90. The summed E-state index contributed by atoms with van der Waals surface area (Å²) in [5.74, 6) is 1.04. The average Bonchev–Trinajstić information content (AvgIpc) is 2.76. The lowest BCUT2D eigenvalue weighted by Crippen LogP contribution is -2.49. The van der Waals surface area contributed by atoms with Crippen molar-refractivity contribution in [2.45, 2.75) is 46.1 Å². The number of para-hydroxylation sites is 1. The first-order valence-corrected chi connectivity index (χ1v) is 10.8. The molecule has 0 saturated heterocycles. The van der Waals surface area contributed by atoms with E-state index in [4.69, 9.17) is 4.74 Å². The van der Waals surface area contributed by atoms with E-state index in [2.05, 4.69) is 19.2 Å². The van der Waals surface area contributed by atoms with Crippen molar-refractivity contribution in [3.63, 3.8) is 0 Å². The van der Waals surface area contributed by atoms with Crippen LogP contribution >= 0.6 is 0 Å². The minimum absolute atomic E-state index is 0.0187. The minimum Gasteiger partial charge on any atom is -0.494 e. The molecule has 2 rings (SSSR count).